The zero-order valence-corrected chi connectivity index (χ0v) is 18.6. The van der Waals surface area contributed by atoms with Gasteiger partial charge < -0.3 is 15.2 Å². The van der Waals surface area contributed by atoms with Crippen LogP contribution in [0.3, 0.4) is 0 Å². The summed E-state index contributed by atoms with van der Waals surface area (Å²) in [6.07, 6.45) is 0. The molecular weight excluding hydrogens is 445 g/mol. The average molecular weight is 464 g/mol. The maximum atomic E-state index is 12.3. The van der Waals surface area contributed by atoms with Crippen molar-refractivity contribution in [1.29, 1.82) is 0 Å². The van der Waals surface area contributed by atoms with E-state index in [1.54, 1.807) is 54.1 Å². The number of carbonyl (C=O) groups excluding carboxylic acids is 2. The van der Waals surface area contributed by atoms with E-state index in [0.717, 1.165) is 0 Å². The lowest BCUT2D eigenvalue weighted by Gasteiger charge is -2.13. The highest BCUT2D eigenvalue weighted by Crippen LogP contribution is 2.29. The molecule has 0 radical (unpaired) electrons. The molecule has 3 aromatic rings. The van der Waals surface area contributed by atoms with Crippen molar-refractivity contribution in [3.8, 4) is 0 Å². The minimum atomic E-state index is -0.358. The van der Waals surface area contributed by atoms with Crippen LogP contribution in [0.2, 0.25) is 10.0 Å². The molecule has 1 heterocycles. The molecule has 0 aliphatic carbocycles. The number of thioether (sulfide) groups is 1. The number of carbonyl (C=O) groups is 2. The number of benzene rings is 2. The van der Waals surface area contributed by atoms with Crippen molar-refractivity contribution in [3.05, 3.63) is 70.0 Å². The maximum Gasteiger partial charge on any atom is 0.251 e. The number of hydrogen-bond acceptors (Lipinski definition) is 5. The predicted molar refractivity (Wildman–Crippen MR) is 119 cm³/mol. The molecule has 2 aromatic carbocycles. The van der Waals surface area contributed by atoms with Gasteiger partial charge in [0.1, 0.15) is 0 Å². The Morgan fingerprint density at radius 3 is 2.57 bits per heavy atom. The molecule has 0 spiro atoms. The Kier molecular flexibility index (Phi) is 7.36. The van der Waals surface area contributed by atoms with Crippen LogP contribution in [-0.2, 0) is 11.8 Å². The van der Waals surface area contributed by atoms with Gasteiger partial charge in [-0.05, 0) is 31.2 Å². The molecule has 0 aliphatic rings. The van der Waals surface area contributed by atoms with Gasteiger partial charge in [-0.15, -0.1) is 10.2 Å². The van der Waals surface area contributed by atoms with Crippen molar-refractivity contribution >= 4 is 52.5 Å². The van der Waals surface area contributed by atoms with E-state index in [2.05, 4.69) is 20.8 Å². The standard InChI is InChI=1S/C20H19Cl2N5O2S/c1-12(23-19(29)13-7-4-3-5-8-13)18-25-26-20(27(18)2)30-11-16(28)24-15-10-6-9-14(21)17(15)22/h3-10,12H,11H2,1-2H3,(H,23,29)(H,24,28)/t12-/m0/s1. The summed E-state index contributed by atoms with van der Waals surface area (Å²) < 4.78 is 1.75. The molecule has 2 N–H and O–H groups in total. The van der Waals surface area contributed by atoms with E-state index in [1.807, 2.05) is 13.0 Å². The number of anilines is 1. The molecule has 0 saturated carbocycles. The molecular formula is C20H19Cl2N5O2S. The quantitative estimate of drug-likeness (QED) is 0.508. The number of nitrogens with zero attached hydrogens (tertiary/aromatic N) is 3. The highest BCUT2D eigenvalue weighted by molar-refractivity contribution is 7.99. The molecule has 30 heavy (non-hydrogen) atoms. The Hall–Kier alpha value is -2.55. The summed E-state index contributed by atoms with van der Waals surface area (Å²) in [6, 6.07) is 13.6. The van der Waals surface area contributed by atoms with Crippen LogP contribution in [0.25, 0.3) is 0 Å². The van der Waals surface area contributed by atoms with Gasteiger partial charge in [-0.3, -0.25) is 9.59 Å². The van der Waals surface area contributed by atoms with Gasteiger partial charge >= 0.3 is 0 Å². The second-order valence-corrected chi connectivity index (χ2v) is 8.13. The van der Waals surface area contributed by atoms with Gasteiger partial charge in [-0.2, -0.15) is 0 Å². The van der Waals surface area contributed by atoms with Gasteiger partial charge in [0.25, 0.3) is 5.91 Å². The van der Waals surface area contributed by atoms with Crippen LogP contribution in [0.1, 0.15) is 29.1 Å². The Morgan fingerprint density at radius 1 is 1.10 bits per heavy atom. The third-order valence-electron chi connectivity index (χ3n) is 4.20. The summed E-state index contributed by atoms with van der Waals surface area (Å²) in [5.41, 5.74) is 1.02. The van der Waals surface area contributed by atoms with E-state index in [1.165, 1.54) is 11.8 Å². The number of hydrogen-bond donors (Lipinski definition) is 2. The third-order valence-corrected chi connectivity index (χ3v) is 6.04. The fourth-order valence-corrected chi connectivity index (χ4v) is 3.75. The van der Waals surface area contributed by atoms with E-state index in [9.17, 15) is 9.59 Å². The molecule has 1 atom stereocenters. The van der Waals surface area contributed by atoms with Crippen LogP contribution in [0.15, 0.2) is 53.7 Å². The minimum absolute atomic E-state index is 0.111. The van der Waals surface area contributed by atoms with Crippen LogP contribution in [0.5, 0.6) is 0 Å². The zero-order valence-electron chi connectivity index (χ0n) is 16.2. The second-order valence-electron chi connectivity index (χ2n) is 6.40. The molecule has 2 amide bonds. The highest BCUT2D eigenvalue weighted by atomic mass is 35.5. The van der Waals surface area contributed by atoms with Crippen molar-refractivity contribution in [2.75, 3.05) is 11.1 Å². The molecule has 156 valence electrons. The van der Waals surface area contributed by atoms with Crippen molar-refractivity contribution in [1.82, 2.24) is 20.1 Å². The van der Waals surface area contributed by atoms with Crippen LogP contribution >= 0.6 is 35.0 Å². The number of aromatic nitrogens is 3. The lowest BCUT2D eigenvalue weighted by molar-refractivity contribution is -0.113. The third kappa shape index (κ3) is 5.33. The van der Waals surface area contributed by atoms with Gasteiger partial charge in [-0.1, -0.05) is 59.2 Å². The van der Waals surface area contributed by atoms with E-state index in [4.69, 9.17) is 23.2 Å². The van der Waals surface area contributed by atoms with Crippen LogP contribution in [-0.4, -0.2) is 32.3 Å². The summed E-state index contributed by atoms with van der Waals surface area (Å²) in [5.74, 6) is 0.247. The first-order chi connectivity index (χ1) is 14.4. The van der Waals surface area contributed by atoms with E-state index in [0.29, 0.717) is 32.3 Å². The molecule has 0 aliphatic heterocycles. The SMILES string of the molecule is C[C@H](NC(=O)c1ccccc1)c1nnc(SCC(=O)Nc2cccc(Cl)c2Cl)n1C. The lowest BCUT2D eigenvalue weighted by atomic mass is 10.2. The van der Waals surface area contributed by atoms with Crippen molar-refractivity contribution < 1.29 is 9.59 Å². The van der Waals surface area contributed by atoms with Crippen LogP contribution in [0, 0.1) is 0 Å². The molecule has 0 saturated heterocycles. The monoisotopic (exact) mass is 463 g/mol. The van der Waals surface area contributed by atoms with Gasteiger partial charge in [0.15, 0.2) is 11.0 Å². The first-order valence-corrected chi connectivity index (χ1v) is 10.7. The number of nitrogens with one attached hydrogen (secondary N) is 2. The van der Waals surface area contributed by atoms with Gasteiger partial charge in [0, 0.05) is 12.6 Å². The van der Waals surface area contributed by atoms with Crippen molar-refractivity contribution in [3.63, 3.8) is 0 Å². The maximum absolute atomic E-state index is 12.3. The van der Waals surface area contributed by atoms with Gasteiger partial charge in [0.05, 0.1) is 27.5 Å². The molecule has 7 nitrogen and oxygen atoms in total. The summed E-state index contributed by atoms with van der Waals surface area (Å²) in [5, 5.41) is 15.1. The van der Waals surface area contributed by atoms with Gasteiger partial charge in [0.2, 0.25) is 5.91 Å². The Balaban J connectivity index is 1.59. The molecule has 10 heteroatoms. The first kappa shape index (κ1) is 22.1. The topological polar surface area (TPSA) is 88.9 Å². The van der Waals surface area contributed by atoms with E-state index >= 15 is 0 Å². The molecule has 0 unspecified atom stereocenters. The predicted octanol–water partition coefficient (Wildman–Crippen LogP) is 4.34. The fraction of sp³-hybridized carbons (Fsp3) is 0.200. The van der Waals surface area contributed by atoms with Gasteiger partial charge in [-0.25, -0.2) is 0 Å². The Bertz CT molecular complexity index is 1060. The molecule has 1 aromatic heterocycles. The normalized spacial score (nSPS) is 11.7. The largest absolute Gasteiger partial charge is 0.342 e. The minimum Gasteiger partial charge on any atom is -0.342 e. The number of halogens is 2. The fourth-order valence-electron chi connectivity index (χ4n) is 2.68. The summed E-state index contributed by atoms with van der Waals surface area (Å²) in [4.78, 5) is 24.6. The van der Waals surface area contributed by atoms with Crippen molar-refractivity contribution in [2.45, 2.75) is 18.1 Å². The number of amides is 2. The van der Waals surface area contributed by atoms with E-state index in [-0.39, 0.29) is 23.6 Å². The second kappa shape index (κ2) is 9.97. The first-order valence-electron chi connectivity index (χ1n) is 8.98. The van der Waals surface area contributed by atoms with Crippen LogP contribution in [0.4, 0.5) is 5.69 Å². The van der Waals surface area contributed by atoms with Crippen LogP contribution < -0.4 is 10.6 Å². The number of rotatable bonds is 7. The average Bonchev–Trinajstić information content (AvgIpc) is 3.11. The Morgan fingerprint density at radius 2 is 1.83 bits per heavy atom. The summed E-state index contributed by atoms with van der Waals surface area (Å²) in [7, 11) is 1.79. The summed E-state index contributed by atoms with van der Waals surface area (Å²) in [6.45, 7) is 1.83. The molecule has 0 fully saturated rings. The van der Waals surface area contributed by atoms with Crippen molar-refractivity contribution in [2.24, 2.45) is 7.05 Å². The Labute approximate surface area is 188 Å². The molecule has 3 rings (SSSR count). The smallest absolute Gasteiger partial charge is 0.251 e. The lowest BCUT2D eigenvalue weighted by Crippen LogP contribution is -2.28. The highest BCUT2D eigenvalue weighted by Gasteiger charge is 2.19. The van der Waals surface area contributed by atoms with E-state index < -0.39 is 0 Å². The molecule has 0 bridgehead atoms. The summed E-state index contributed by atoms with van der Waals surface area (Å²) >= 11 is 13.3. The zero-order chi connectivity index (χ0) is 21.7.